The van der Waals surface area contributed by atoms with Crippen molar-refractivity contribution in [3.05, 3.63) is 0 Å². The van der Waals surface area contributed by atoms with Gasteiger partial charge in [0.1, 0.15) is 0 Å². The molecule has 140 valence electrons. The molecule has 3 unspecified atom stereocenters. The molecule has 1 saturated heterocycles. The number of carbonyl (C=O) groups is 1. The van der Waals surface area contributed by atoms with E-state index in [1.54, 1.807) is 0 Å². The van der Waals surface area contributed by atoms with Gasteiger partial charge >= 0.3 is 0 Å². The fourth-order valence-corrected chi connectivity index (χ4v) is 8.78. The first kappa shape index (κ1) is 16.6. The molecule has 25 heavy (non-hydrogen) atoms. The number of fused-ring (bicyclic) bond motifs is 2. The van der Waals surface area contributed by atoms with E-state index in [-0.39, 0.29) is 0 Å². The summed E-state index contributed by atoms with van der Waals surface area (Å²) in [6.45, 7) is 11.9. The number of rotatable bonds is 2. The van der Waals surface area contributed by atoms with Crippen molar-refractivity contribution in [1.29, 1.82) is 0 Å². The largest absolute Gasteiger partial charge is 0.342 e. The molecule has 0 aromatic carbocycles. The average molecular weight is 344 g/mol. The Bertz CT molecular complexity index is 593. The number of hydrogen-bond donors (Lipinski definition) is 0. The molecule has 1 amide bonds. The zero-order valence-corrected chi connectivity index (χ0v) is 16.9. The third-order valence-corrected chi connectivity index (χ3v) is 9.96. The van der Waals surface area contributed by atoms with Gasteiger partial charge in [0, 0.05) is 19.5 Å². The monoisotopic (exact) mass is 343 g/mol. The maximum atomic E-state index is 13.4. The van der Waals surface area contributed by atoms with E-state index in [4.69, 9.17) is 0 Å². The van der Waals surface area contributed by atoms with Crippen molar-refractivity contribution in [2.45, 2.75) is 85.5 Å². The van der Waals surface area contributed by atoms with E-state index >= 15 is 0 Å². The summed E-state index contributed by atoms with van der Waals surface area (Å²) in [5.41, 5.74) is 1.65. The Morgan fingerprint density at radius 3 is 2.32 bits per heavy atom. The number of nitrogens with zero attached hydrogens (tertiary/aromatic N) is 1. The van der Waals surface area contributed by atoms with E-state index in [1.807, 2.05) is 0 Å². The van der Waals surface area contributed by atoms with Gasteiger partial charge in [-0.3, -0.25) is 4.79 Å². The highest BCUT2D eigenvalue weighted by atomic mass is 16.2. The normalized spacial score (nSPS) is 52.6. The molecule has 5 aliphatic carbocycles. The molecule has 1 aliphatic heterocycles. The van der Waals surface area contributed by atoms with Crippen LogP contribution >= 0.6 is 0 Å². The lowest BCUT2D eigenvalue weighted by molar-refractivity contribution is -0.151. The highest BCUT2D eigenvalue weighted by Gasteiger charge is 2.58. The van der Waals surface area contributed by atoms with E-state index in [0.29, 0.717) is 33.5 Å². The Hall–Kier alpha value is -0.530. The molecular formula is C23H37NO. The molecule has 0 spiro atoms. The maximum Gasteiger partial charge on any atom is 0.223 e. The summed E-state index contributed by atoms with van der Waals surface area (Å²) in [5.74, 6) is 3.06. The lowest BCUT2D eigenvalue weighted by atomic mass is 9.44. The lowest BCUT2D eigenvalue weighted by Gasteiger charge is -2.61. The smallest absolute Gasteiger partial charge is 0.223 e. The van der Waals surface area contributed by atoms with Gasteiger partial charge in [0.2, 0.25) is 5.91 Å². The van der Waals surface area contributed by atoms with Crippen LogP contribution in [0, 0.1) is 39.4 Å². The molecule has 6 aliphatic rings. The van der Waals surface area contributed by atoms with Gasteiger partial charge in [-0.05, 0) is 90.8 Å². The number of hydrogen-bond acceptors (Lipinski definition) is 1. The predicted octanol–water partition coefficient (Wildman–Crippen LogP) is 5.27. The molecule has 0 N–H and O–H groups in total. The van der Waals surface area contributed by atoms with Crippen molar-refractivity contribution < 1.29 is 4.79 Å². The van der Waals surface area contributed by atoms with Crippen molar-refractivity contribution >= 4 is 5.91 Å². The molecule has 0 aromatic rings. The van der Waals surface area contributed by atoms with Crippen molar-refractivity contribution in [2.75, 3.05) is 13.1 Å². The molecular weight excluding hydrogens is 306 g/mol. The quantitative estimate of drug-likeness (QED) is 0.669. The van der Waals surface area contributed by atoms with Gasteiger partial charge in [-0.15, -0.1) is 0 Å². The number of carbonyl (C=O) groups excluding carboxylic acids is 1. The van der Waals surface area contributed by atoms with Crippen LogP contribution in [0.25, 0.3) is 0 Å². The van der Waals surface area contributed by atoms with Gasteiger partial charge in [-0.1, -0.05) is 27.7 Å². The second-order valence-corrected chi connectivity index (χ2v) is 12.2. The van der Waals surface area contributed by atoms with Gasteiger partial charge in [0.25, 0.3) is 0 Å². The fraction of sp³-hybridized carbons (Fsp3) is 0.957. The maximum absolute atomic E-state index is 13.4. The van der Waals surface area contributed by atoms with Crippen LogP contribution in [0.4, 0.5) is 0 Å². The first-order chi connectivity index (χ1) is 11.6. The number of piperidine rings is 1. The summed E-state index contributed by atoms with van der Waals surface area (Å²) in [6, 6.07) is 0. The van der Waals surface area contributed by atoms with E-state index in [2.05, 4.69) is 32.6 Å². The predicted molar refractivity (Wildman–Crippen MR) is 101 cm³/mol. The van der Waals surface area contributed by atoms with Crippen LogP contribution in [-0.2, 0) is 4.79 Å². The van der Waals surface area contributed by atoms with Crippen LogP contribution in [0.5, 0.6) is 0 Å². The molecule has 2 heteroatoms. The molecule has 0 aromatic heterocycles. The average Bonchev–Trinajstić information content (AvgIpc) is 2.61. The molecule has 1 heterocycles. The van der Waals surface area contributed by atoms with Gasteiger partial charge in [0.05, 0.1) is 0 Å². The zero-order valence-electron chi connectivity index (χ0n) is 16.9. The summed E-state index contributed by atoms with van der Waals surface area (Å²) in [5, 5.41) is 0. The Kier molecular flexibility index (Phi) is 3.22. The minimum absolute atomic E-state index is 0.332. The van der Waals surface area contributed by atoms with Crippen molar-refractivity contribution in [1.82, 2.24) is 4.90 Å². The summed E-state index contributed by atoms with van der Waals surface area (Å²) in [7, 11) is 0. The van der Waals surface area contributed by atoms with Crippen LogP contribution in [0.3, 0.4) is 0 Å². The first-order valence-corrected chi connectivity index (χ1v) is 10.9. The summed E-state index contributed by atoms with van der Waals surface area (Å²) in [6.07, 6.45) is 11.9. The lowest BCUT2D eigenvalue weighted by Crippen LogP contribution is -2.56. The Labute approximate surface area is 154 Å². The summed E-state index contributed by atoms with van der Waals surface area (Å²) >= 11 is 0. The van der Waals surface area contributed by atoms with E-state index in [9.17, 15) is 4.79 Å². The number of amides is 1. The van der Waals surface area contributed by atoms with Gasteiger partial charge in [0.15, 0.2) is 0 Å². The SMILES string of the molecule is CC12CC3CC(C1)CC(CC(=O)N1CC4CC[C@](C)(C1)C4(C)C)(C3)C2. The van der Waals surface area contributed by atoms with Crippen LogP contribution in [0.1, 0.15) is 85.5 Å². The van der Waals surface area contributed by atoms with Crippen LogP contribution in [-0.4, -0.2) is 23.9 Å². The number of likely N-dealkylation sites (tertiary alicyclic amines) is 1. The Balaban J connectivity index is 1.33. The minimum Gasteiger partial charge on any atom is -0.342 e. The van der Waals surface area contributed by atoms with Crippen LogP contribution in [0.15, 0.2) is 0 Å². The van der Waals surface area contributed by atoms with Crippen LogP contribution in [0.2, 0.25) is 0 Å². The van der Waals surface area contributed by atoms with E-state index in [1.165, 1.54) is 51.4 Å². The molecule has 5 saturated carbocycles. The molecule has 6 rings (SSSR count). The Morgan fingerprint density at radius 2 is 1.72 bits per heavy atom. The van der Waals surface area contributed by atoms with Crippen molar-refractivity contribution in [2.24, 2.45) is 39.4 Å². The standard InChI is InChI=1S/C23H37NO/c1-20(2)18-5-6-22(20,4)15-24(13-18)19(25)12-23-10-16-7-17(11-23)9-21(3,8-16)14-23/h16-18H,5-15H2,1-4H3/t16?,17?,18?,21?,22-,23?/m1/s1. The van der Waals surface area contributed by atoms with Gasteiger partial charge in [-0.25, -0.2) is 0 Å². The molecule has 4 atom stereocenters. The summed E-state index contributed by atoms with van der Waals surface area (Å²) in [4.78, 5) is 15.7. The second-order valence-electron chi connectivity index (χ2n) is 12.2. The zero-order chi connectivity index (χ0) is 17.7. The van der Waals surface area contributed by atoms with E-state index in [0.717, 1.165) is 31.3 Å². The molecule has 6 bridgehead atoms. The fourth-order valence-electron chi connectivity index (χ4n) is 8.78. The minimum atomic E-state index is 0.332. The van der Waals surface area contributed by atoms with Crippen molar-refractivity contribution in [3.8, 4) is 0 Å². The Morgan fingerprint density at radius 1 is 1.04 bits per heavy atom. The first-order valence-electron chi connectivity index (χ1n) is 10.9. The molecule has 0 radical (unpaired) electrons. The van der Waals surface area contributed by atoms with E-state index < -0.39 is 0 Å². The summed E-state index contributed by atoms with van der Waals surface area (Å²) < 4.78 is 0. The highest BCUT2D eigenvalue weighted by molar-refractivity contribution is 5.77. The topological polar surface area (TPSA) is 20.3 Å². The third kappa shape index (κ3) is 2.31. The molecule has 2 nitrogen and oxygen atoms in total. The second kappa shape index (κ2) is 4.84. The van der Waals surface area contributed by atoms with Gasteiger partial charge < -0.3 is 4.90 Å². The van der Waals surface area contributed by atoms with Crippen LogP contribution < -0.4 is 0 Å². The third-order valence-electron chi connectivity index (χ3n) is 9.96. The van der Waals surface area contributed by atoms with Gasteiger partial charge in [-0.2, -0.15) is 0 Å². The highest BCUT2D eigenvalue weighted by Crippen LogP contribution is 2.66. The van der Waals surface area contributed by atoms with Crippen molar-refractivity contribution in [3.63, 3.8) is 0 Å². The molecule has 6 fully saturated rings.